The fourth-order valence-corrected chi connectivity index (χ4v) is 3.81. The lowest BCUT2D eigenvalue weighted by molar-refractivity contribution is 0.231. The Bertz CT molecular complexity index is 616. The molecule has 2 aromatic carbocycles. The number of thioether (sulfide) groups is 1. The van der Waals surface area contributed by atoms with Crippen molar-refractivity contribution in [2.24, 2.45) is 0 Å². The molecule has 0 aromatic heterocycles. The van der Waals surface area contributed by atoms with E-state index in [0.29, 0.717) is 5.25 Å². The minimum Gasteiger partial charge on any atom is -0.296 e. The van der Waals surface area contributed by atoms with E-state index in [4.69, 9.17) is 0 Å². The Labute approximate surface area is 144 Å². The van der Waals surface area contributed by atoms with Gasteiger partial charge in [0.05, 0.1) is 0 Å². The van der Waals surface area contributed by atoms with E-state index in [1.807, 2.05) is 11.8 Å². The zero-order valence-corrected chi connectivity index (χ0v) is 14.9. The first-order valence-electron chi connectivity index (χ1n) is 8.43. The quantitative estimate of drug-likeness (QED) is 0.764. The topological polar surface area (TPSA) is 17.3 Å². The summed E-state index contributed by atoms with van der Waals surface area (Å²) in [5.41, 5.74) is 4.09. The summed E-state index contributed by atoms with van der Waals surface area (Å²) in [5.74, 6) is 0. The van der Waals surface area contributed by atoms with Gasteiger partial charge >= 0.3 is 0 Å². The largest absolute Gasteiger partial charge is 0.296 e. The van der Waals surface area contributed by atoms with Crippen molar-refractivity contribution in [1.29, 1.82) is 0 Å². The molecule has 3 heteroatoms. The van der Waals surface area contributed by atoms with Crippen LogP contribution in [0.2, 0.25) is 0 Å². The molecule has 0 unspecified atom stereocenters. The summed E-state index contributed by atoms with van der Waals surface area (Å²) in [6.07, 6.45) is 0. The first kappa shape index (κ1) is 16.6. The van der Waals surface area contributed by atoms with E-state index < -0.39 is 0 Å². The van der Waals surface area contributed by atoms with Crippen LogP contribution in [0.3, 0.4) is 0 Å². The second kappa shape index (κ2) is 8.00. The lowest BCUT2D eigenvalue weighted by atomic mass is 9.99. The predicted molar refractivity (Wildman–Crippen MR) is 100 cm³/mol. The number of nitrogens with zero attached hydrogens (tertiary/aromatic N) is 2. The summed E-state index contributed by atoms with van der Waals surface area (Å²) in [6, 6.07) is 17.8. The Morgan fingerprint density at radius 1 is 1.00 bits per heavy atom. The molecule has 1 aliphatic rings. The van der Waals surface area contributed by atoms with E-state index in [1.54, 1.807) is 0 Å². The Kier molecular flexibility index (Phi) is 5.76. The maximum absolute atomic E-state index is 4.44. The van der Waals surface area contributed by atoms with E-state index in [0.717, 1.165) is 32.7 Å². The fraction of sp³-hybridized carbons (Fsp3) is 0.400. The molecular weight excluding hydrogens is 300 g/mol. The Morgan fingerprint density at radius 3 is 2.39 bits per heavy atom. The van der Waals surface area contributed by atoms with Gasteiger partial charge in [0.25, 0.3) is 0 Å². The van der Waals surface area contributed by atoms with Gasteiger partial charge in [-0.05, 0) is 28.8 Å². The summed E-state index contributed by atoms with van der Waals surface area (Å²) in [5, 5.41) is 5.06. The fourth-order valence-electron chi connectivity index (χ4n) is 2.97. The second-order valence-corrected chi connectivity index (χ2v) is 7.95. The third-order valence-electron chi connectivity index (χ3n) is 4.10. The van der Waals surface area contributed by atoms with E-state index in [-0.39, 0.29) is 0 Å². The van der Waals surface area contributed by atoms with Gasteiger partial charge in [-0.15, -0.1) is 11.8 Å². The van der Waals surface area contributed by atoms with Crippen molar-refractivity contribution in [1.82, 2.24) is 10.2 Å². The van der Waals surface area contributed by atoms with Gasteiger partial charge < -0.3 is 0 Å². The van der Waals surface area contributed by atoms with Crippen molar-refractivity contribution in [3.05, 3.63) is 54.1 Å². The van der Waals surface area contributed by atoms with E-state index >= 15 is 0 Å². The molecule has 0 aliphatic carbocycles. The van der Waals surface area contributed by atoms with Gasteiger partial charge in [-0.2, -0.15) is 0 Å². The highest BCUT2D eigenvalue weighted by Gasteiger charge is 2.13. The minimum absolute atomic E-state index is 0.623. The number of hydrogen-bond donors (Lipinski definition) is 0. The van der Waals surface area contributed by atoms with Gasteiger partial charge in [0, 0.05) is 42.9 Å². The molecule has 0 atom stereocenters. The zero-order valence-electron chi connectivity index (χ0n) is 14.0. The van der Waals surface area contributed by atoms with Crippen molar-refractivity contribution < 1.29 is 0 Å². The van der Waals surface area contributed by atoms with Crippen LogP contribution >= 0.6 is 11.8 Å². The van der Waals surface area contributed by atoms with E-state index in [1.165, 1.54) is 21.6 Å². The van der Waals surface area contributed by atoms with Crippen LogP contribution in [0.5, 0.6) is 0 Å². The highest BCUT2D eigenvalue weighted by atomic mass is 32.2. The number of hydrogen-bond acceptors (Lipinski definition) is 2. The first-order chi connectivity index (χ1) is 11.2. The SMILES string of the molecule is CC(C)Sc1ccc(-c2ccccc2CN2CC[N]CC2)cc1. The molecule has 1 aliphatic heterocycles. The molecule has 121 valence electrons. The molecule has 0 amide bonds. The number of benzene rings is 2. The van der Waals surface area contributed by atoms with Gasteiger partial charge in [-0.25, -0.2) is 5.32 Å². The Balaban J connectivity index is 1.79. The summed E-state index contributed by atoms with van der Waals surface area (Å²) in [6.45, 7) is 9.61. The van der Waals surface area contributed by atoms with Crippen molar-refractivity contribution in [3.63, 3.8) is 0 Å². The van der Waals surface area contributed by atoms with Crippen LogP contribution in [0.1, 0.15) is 19.4 Å². The average molecular weight is 326 g/mol. The van der Waals surface area contributed by atoms with E-state index in [9.17, 15) is 0 Å². The molecule has 23 heavy (non-hydrogen) atoms. The molecular formula is C20H25N2S. The smallest absolute Gasteiger partial charge is 0.0261 e. The molecule has 3 rings (SSSR count). The number of rotatable bonds is 5. The zero-order chi connectivity index (χ0) is 16.1. The van der Waals surface area contributed by atoms with Crippen LogP contribution in [0, 0.1) is 0 Å². The predicted octanol–water partition coefficient (Wildman–Crippen LogP) is 4.27. The first-order valence-corrected chi connectivity index (χ1v) is 9.31. The molecule has 1 radical (unpaired) electrons. The van der Waals surface area contributed by atoms with E-state index in [2.05, 4.69) is 72.6 Å². The van der Waals surface area contributed by atoms with Crippen LogP contribution in [-0.2, 0) is 6.54 Å². The Morgan fingerprint density at radius 2 is 1.70 bits per heavy atom. The summed E-state index contributed by atoms with van der Waals surface area (Å²) in [4.78, 5) is 3.85. The van der Waals surface area contributed by atoms with Gasteiger partial charge in [0.15, 0.2) is 0 Å². The lowest BCUT2D eigenvalue weighted by Crippen LogP contribution is -2.39. The monoisotopic (exact) mass is 325 g/mol. The van der Waals surface area contributed by atoms with Crippen LogP contribution in [0.15, 0.2) is 53.4 Å². The van der Waals surface area contributed by atoms with Crippen LogP contribution in [0.4, 0.5) is 0 Å². The molecule has 1 heterocycles. The van der Waals surface area contributed by atoms with Crippen molar-refractivity contribution in [2.75, 3.05) is 26.2 Å². The van der Waals surface area contributed by atoms with Gasteiger partial charge in [0.2, 0.25) is 0 Å². The highest BCUT2D eigenvalue weighted by molar-refractivity contribution is 7.99. The van der Waals surface area contributed by atoms with Crippen molar-refractivity contribution >= 4 is 11.8 Å². The van der Waals surface area contributed by atoms with Crippen molar-refractivity contribution in [3.8, 4) is 11.1 Å². The standard InChI is InChI=1S/C20H25N2S/c1-16(2)23-19-9-7-17(8-10-19)20-6-4-3-5-18(20)15-22-13-11-21-12-14-22/h3-10,16H,11-15H2,1-2H3. The Hall–Kier alpha value is -1.29. The van der Waals surface area contributed by atoms with Crippen LogP contribution < -0.4 is 5.32 Å². The minimum atomic E-state index is 0.623. The molecule has 2 nitrogen and oxygen atoms in total. The third-order valence-corrected chi connectivity index (χ3v) is 5.11. The van der Waals surface area contributed by atoms with Crippen molar-refractivity contribution in [2.45, 2.75) is 30.5 Å². The molecule has 1 fully saturated rings. The second-order valence-electron chi connectivity index (χ2n) is 6.30. The number of piperazine rings is 1. The maximum Gasteiger partial charge on any atom is 0.0261 e. The lowest BCUT2D eigenvalue weighted by Gasteiger charge is -2.27. The molecule has 0 saturated carbocycles. The average Bonchev–Trinajstić information content (AvgIpc) is 2.57. The third kappa shape index (κ3) is 4.60. The summed E-state index contributed by atoms with van der Waals surface area (Å²) in [7, 11) is 0. The van der Waals surface area contributed by atoms with Gasteiger partial charge in [-0.3, -0.25) is 4.90 Å². The van der Waals surface area contributed by atoms with Crippen LogP contribution in [0.25, 0.3) is 11.1 Å². The summed E-state index contributed by atoms with van der Waals surface area (Å²) < 4.78 is 0. The molecule has 2 aromatic rings. The summed E-state index contributed by atoms with van der Waals surface area (Å²) >= 11 is 1.92. The van der Waals surface area contributed by atoms with Gasteiger partial charge in [0.1, 0.15) is 0 Å². The molecule has 0 spiro atoms. The normalized spacial score (nSPS) is 16.0. The van der Waals surface area contributed by atoms with Crippen LogP contribution in [-0.4, -0.2) is 36.3 Å². The van der Waals surface area contributed by atoms with Gasteiger partial charge in [-0.1, -0.05) is 50.2 Å². The highest BCUT2D eigenvalue weighted by Crippen LogP contribution is 2.29. The molecule has 0 N–H and O–H groups in total. The molecule has 0 bridgehead atoms. The maximum atomic E-state index is 4.44. The molecule has 1 saturated heterocycles.